The zero-order valence-electron chi connectivity index (χ0n) is 9.63. The number of anilines is 1. The Morgan fingerprint density at radius 3 is 2.50 bits per heavy atom. The largest absolute Gasteiger partial charge is 0.325 e. The number of hydrogen-bond donors (Lipinski definition) is 2. The molecule has 1 rings (SSSR count). The van der Waals surface area contributed by atoms with Crippen molar-refractivity contribution < 1.29 is 4.79 Å². The molecule has 16 heavy (non-hydrogen) atoms. The summed E-state index contributed by atoms with van der Waals surface area (Å²) in [6, 6.07) is 5.93. The van der Waals surface area contributed by atoms with Crippen LogP contribution in [0.5, 0.6) is 0 Å². The number of benzene rings is 1. The highest BCUT2D eigenvalue weighted by Crippen LogP contribution is 2.13. The lowest BCUT2D eigenvalue weighted by Gasteiger charge is -2.07. The van der Waals surface area contributed by atoms with Crippen LogP contribution in [-0.4, -0.2) is 19.0 Å². The Bertz CT molecular complexity index is 398. The van der Waals surface area contributed by atoms with Gasteiger partial charge in [-0.1, -0.05) is 12.0 Å². The molecule has 0 bridgehead atoms. The standard InChI is InChI=1S/C13H16N2O/c1-4-5-14-9-13(16)15-12-7-10(2)6-11(3)8-12/h1,6-8,14H,5,9H2,2-3H3,(H,15,16). The first-order valence-electron chi connectivity index (χ1n) is 5.14. The molecule has 0 heterocycles. The third-order valence-electron chi connectivity index (χ3n) is 2.02. The van der Waals surface area contributed by atoms with Crippen molar-refractivity contribution in [2.45, 2.75) is 13.8 Å². The van der Waals surface area contributed by atoms with E-state index in [2.05, 4.69) is 22.6 Å². The van der Waals surface area contributed by atoms with E-state index in [1.165, 1.54) is 0 Å². The van der Waals surface area contributed by atoms with Gasteiger partial charge < -0.3 is 5.32 Å². The maximum Gasteiger partial charge on any atom is 0.238 e. The third-order valence-corrected chi connectivity index (χ3v) is 2.02. The van der Waals surface area contributed by atoms with Gasteiger partial charge in [-0.2, -0.15) is 0 Å². The molecule has 1 aromatic rings. The number of terminal acetylenes is 1. The number of aryl methyl sites for hydroxylation is 2. The predicted molar refractivity (Wildman–Crippen MR) is 66.2 cm³/mol. The van der Waals surface area contributed by atoms with Gasteiger partial charge in [-0.05, 0) is 37.1 Å². The van der Waals surface area contributed by atoms with Gasteiger partial charge in [0.25, 0.3) is 0 Å². The fourth-order valence-corrected chi connectivity index (χ4v) is 1.50. The molecule has 0 saturated heterocycles. The molecule has 0 fully saturated rings. The molecule has 1 aromatic carbocycles. The minimum Gasteiger partial charge on any atom is -0.325 e. The van der Waals surface area contributed by atoms with Crippen LogP contribution in [0.4, 0.5) is 5.69 Å². The first-order valence-corrected chi connectivity index (χ1v) is 5.14. The Labute approximate surface area is 96.2 Å². The zero-order chi connectivity index (χ0) is 12.0. The SMILES string of the molecule is C#CCNCC(=O)Nc1cc(C)cc(C)c1. The van der Waals surface area contributed by atoms with Crippen LogP contribution in [0.3, 0.4) is 0 Å². The zero-order valence-corrected chi connectivity index (χ0v) is 9.63. The number of rotatable bonds is 4. The van der Waals surface area contributed by atoms with E-state index in [0.29, 0.717) is 6.54 Å². The molecule has 0 aliphatic carbocycles. The van der Waals surface area contributed by atoms with Crippen LogP contribution in [0, 0.1) is 26.2 Å². The van der Waals surface area contributed by atoms with Crippen molar-refractivity contribution in [3.63, 3.8) is 0 Å². The molecule has 0 unspecified atom stereocenters. The molecular weight excluding hydrogens is 200 g/mol. The molecule has 0 radical (unpaired) electrons. The second kappa shape index (κ2) is 5.94. The van der Waals surface area contributed by atoms with Gasteiger partial charge in [0.2, 0.25) is 5.91 Å². The summed E-state index contributed by atoms with van der Waals surface area (Å²) in [6.45, 7) is 4.63. The summed E-state index contributed by atoms with van der Waals surface area (Å²) in [4.78, 5) is 11.5. The maximum atomic E-state index is 11.5. The Morgan fingerprint density at radius 2 is 1.94 bits per heavy atom. The van der Waals surface area contributed by atoms with Crippen molar-refractivity contribution in [3.8, 4) is 12.3 Å². The van der Waals surface area contributed by atoms with Gasteiger partial charge in [0.15, 0.2) is 0 Å². The molecule has 3 nitrogen and oxygen atoms in total. The van der Waals surface area contributed by atoms with E-state index < -0.39 is 0 Å². The van der Waals surface area contributed by atoms with Gasteiger partial charge in [-0.25, -0.2) is 0 Å². The van der Waals surface area contributed by atoms with Gasteiger partial charge in [-0.3, -0.25) is 10.1 Å². The highest BCUT2D eigenvalue weighted by molar-refractivity contribution is 5.92. The van der Waals surface area contributed by atoms with Crippen LogP contribution in [0.25, 0.3) is 0 Å². The minimum absolute atomic E-state index is 0.0831. The molecule has 0 saturated carbocycles. The summed E-state index contributed by atoms with van der Waals surface area (Å²) in [5.41, 5.74) is 3.09. The summed E-state index contributed by atoms with van der Waals surface area (Å²) < 4.78 is 0. The summed E-state index contributed by atoms with van der Waals surface area (Å²) in [5.74, 6) is 2.33. The monoisotopic (exact) mass is 216 g/mol. The molecule has 0 aliphatic rings. The topological polar surface area (TPSA) is 41.1 Å². The van der Waals surface area contributed by atoms with Gasteiger partial charge in [-0.15, -0.1) is 6.42 Å². The average Bonchev–Trinajstić information content (AvgIpc) is 2.16. The molecule has 1 amide bonds. The quantitative estimate of drug-likeness (QED) is 0.591. The summed E-state index contributed by atoms with van der Waals surface area (Å²) in [5, 5.41) is 5.65. The second-order valence-electron chi connectivity index (χ2n) is 3.73. The van der Waals surface area contributed by atoms with Crippen molar-refractivity contribution >= 4 is 11.6 Å². The summed E-state index contributed by atoms with van der Waals surface area (Å²) >= 11 is 0. The van der Waals surface area contributed by atoms with Gasteiger partial charge in [0.1, 0.15) is 0 Å². The minimum atomic E-state index is -0.0831. The molecule has 0 atom stereocenters. The highest BCUT2D eigenvalue weighted by Gasteiger charge is 2.01. The van der Waals surface area contributed by atoms with E-state index >= 15 is 0 Å². The smallest absolute Gasteiger partial charge is 0.238 e. The van der Waals surface area contributed by atoms with Crippen LogP contribution < -0.4 is 10.6 Å². The number of carbonyl (C=O) groups excluding carboxylic acids is 1. The fourth-order valence-electron chi connectivity index (χ4n) is 1.50. The van der Waals surface area contributed by atoms with Crippen LogP contribution >= 0.6 is 0 Å². The van der Waals surface area contributed by atoms with E-state index in [0.717, 1.165) is 16.8 Å². The molecule has 0 aromatic heterocycles. The van der Waals surface area contributed by atoms with Gasteiger partial charge in [0, 0.05) is 5.69 Å². The summed E-state index contributed by atoms with van der Waals surface area (Å²) in [6.07, 6.45) is 5.06. The third kappa shape index (κ3) is 4.16. The molecule has 2 N–H and O–H groups in total. The lowest BCUT2D eigenvalue weighted by molar-refractivity contribution is -0.115. The Morgan fingerprint density at radius 1 is 1.31 bits per heavy atom. The second-order valence-corrected chi connectivity index (χ2v) is 3.73. The Hall–Kier alpha value is -1.79. The molecule has 84 valence electrons. The van der Waals surface area contributed by atoms with Crippen molar-refractivity contribution in [2.75, 3.05) is 18.4 Å². The number of amides is 1. The fraction of sp³-hybridized carbons (Fsp3) is 0.308. The van der Waals surface area contributed by atoms with Crippen LogP contribution in [-0.2, 0) is 4.79 Å². The van der Waals surface area contributed by atoms with Gasteiger partial charge in [0.05, 0.1) is 13.1 Å². The predicted octanol–water partition coefficient (Wildman–Crippen LogP) is 1.46. The van der Waals surface area contributed by atoms with E-state index in [1.54, 1.807) is 0 Å². The highest BCUT2D eigenvalue weighted by atomic mass is 16.1. The number of hydrogen-bond acceptors (Lipinski definition) is 2. The number of nitrogens with one attached hydrogen (secondary N) is 2. The molecule has 3 heteroatoms. The van der Waals surface area contributed by atoms with E-state index in [9.17, 15) is 4.79 Å². The summed E-state index contributed by atoms with van der Waals surface area (Å²) in [7, 11) is 0. The first kappa shape index (κ1) is 12.3. The van der Waals surface area contributed by atoms with Gasteiger partial charge >= 0.3 is 0 Å². The van der Waals surface area contributed by atoms with Crippen molar-refractivity contribution in [1.29, 1.82) is 0 Å². The maximum absolute atomic E-state index is 11.5. The van der Waals surface area contributed by atoms with E-state index in [1.807, 2.05) is 26.0 Å². The lowest BCUT2D eigenvalue weighted by atomic mass is 10.1. The number of carbonyl (C=O) groups is 1. The molecular formula is C13H16N2O. The molecule has 0 spiro atoms. The van der Waals surface area contributed by atoms with Crippen molar-refractivity contribution in [1.82, 2.24) is 5.32 Å². The van der Waals surface area contributed by atoms with Crippen LogP contribution in [0.1, 0.15) is 11.1 Å². The van der Waals surface area contributed by atoms with Crippen molar-refractivity contribution in [2.24, 2.45) is 0 Å². The first-order chi connectivity index (χ1) is 7.61. The Kier molecular flexibility index (Phi) is 4.56. The van der Waals surface area contributed by atoms with E-state index in [4.69, 9.17) is 6.42 Å². The van der Waals surface area contributed by atoms with Crippen LogP contribution in [0.15, 0.2) is 18.2 Å². The Balaban J connectivity index is 2.53. The van der Waals surface area contributed by atoms with Crippen molar-refractivity contribution in [3.05, 3.63) is 29.3 Å². The van der Waals surface area contributed by atoms with E-state index in [-0.39, 0.29) is 12.5 Å². The van der Waals surface area contributed by atoms with Crippen LogP contribution in [0.2, 0.25) is 0 Å². The normalized spacial score (nSPS) is 9.56. The average molecular weight is 216 g/mol. The lowest BCUT2D eigenvalue weighted by Crippen LogP contribution is -2.28. The molecule has 0 aliphatic heterocycles.